The smallest absolute Gasteiger partial charge is 0.254 e. The van der Waals surface area contributed by atoms with Crippen LogP contribution in [0.3, 0.4) is 0 Å². The standard InChI is InChI=1S/C12H21N3O/c1-5-7-12(3,4)14-11(16)10-8-13-15(6-2)9-10/h8-9H,5-7H2,1-4H3,(H,14,16). The molecule has 90 valence electrons. The Labute approximate surface area is 97.0 Å². The molecule has 0 aliphatic carbocycles. The summed E-state index contributed by atoms with van der Waals surface area (Å²) in [5, 5.41) is 7.11. The molecule has 0 radical (unpaired) electrons. The topological polar surface area (TPSA) is 46.9 Å². The Balaban J connectivity index is 2.65. The molecule has 0 fully saturated rings. The first kappa shape index (κ1) is 12.7. The maximum Gasteiger partial charge on any atom is 0.254 e. The molecule has 1 rings (SSSR count). The number of aryl methyl sites for hydroxylation is 1. The van der Waals surface area contributed by atoms with E-state index in [-0.39, 0.29) is 11.4 Å². The number of aromatic nitrogens is 2. The predicted octanol–water partition coefficient (Wildman–Crippen LogP) is 2.21. The number of carbonyl (C=O) groups excluding carboxylic acids is 1. The van der Waals surface area contributed by atoms with Crippen LogP contribution in [0.15, 0.2) is 12.4 Å². The van der Waals surface area contributed by atoms with Gasteiger partial charge >= 0.3 is 0 Å². The van der Waals surface area contributed by atoms with Crippen molar-refractivity contribution >= 4 is 5.91 Å². The molecular formula is C12H21N3O. The lowest BCUT2D eigenvalue weighted by atomic mass is 9.98. The summed E-state index contributed by atoms with van der Waals surface area (Å²) >= 11 is 0. The highest BCUT2D eigenvalue weighted by atomic mass is 16.1. The Morgan fingerprint density at radius 3 is 2.69 bits per heavy atom. The fourth-order valence-electron chi connectivity index (χ4n) is 1.72. The Morgan fingerprint density at radius 2 is 2.19 bits per heavy atom. The largest absolute Gasteiger partial charge is 0.347 e. The van der Waals surface area contributed by atoms with E-state index in [2.05, 4.69) is 17.3 Å². The summed E-state index contributed by atoms with van der Waals surface area (Å²) in [5.74, 6) is -0.0434. The molecule has 16 heavy (non-hydrogen) atoms. The molecule has 0 saturated carbocycles. The summed E-state index contributed by atoms with van der Waals surface area (Å²) in [7, 11) is 0. The van der Waals surface area contributed by atoms with Gasteiger partial charge in [-0.1, -0.05) is 13.3 Å². The van der Waals surface area contributed by atoms with Crippen molar-refractivity contribution in [2.24, 2.45) is 0 Å². The van der Waals surface area contributed by atoms with Crippen molar-refractivity contribution in [2.45, 2.75) is 52.6 Å². The van der Waals surface area contributed by atoms with Crippen LogP contribution in [0.2, 0.25) is 0 Å². The van der Waals surface area contributed by atoms with Gasteiger partial charge in [-0.25, -0.2) is 0 Å². The van der Waals surface area contributed by atoms with E-state index in [4.69, 9.17) is 0 Å². The summed E-state index contributed by atoms with van der Waals surface area (Å²) < 4.78 is 1.75. The molecule has 4 nitrogen and oxygen atoms in total. The summed E-state index contributed by atoms with van der Waals surface area (Å²) in [4.78, 5) is 11.9. The highest BCUT2D eigenvalue weighted by Crippen LogP contribution is 2.12. The summed E-state index contributed by atoms with van der Waals surface area (Å²) in [6.45, 7) is 8.97. The van der Waals surface area contributed by atoms with Crippen molar-refractivity contribution in [3.05, 3.63) is 18.0 Å². The van der Waals surface area contributed by atoms with Crippen molar-refractivity contribution in [1.82, 2.24) is 15.1 Å². The zero-order valence-corrected chi connectivity index (χ0v) is 10.6. The van der Waals surface area contributed by atoms with E-state index < -0.39 is 0 Å². The van der Waals surface area contributed by atoms with Gasteiger partial charge in [0.1, 0.15) is 0 Å². The van der Waals surface area contributed by atoms with E-state index in [1.807, 2.05) is 20.8 Å². The quantitative estimate of drug-likeness (QED) is 0.832. The zero-order valence-electron chi connectivity index (χ0n) is 10.6. The minimum absolute atomic E-state index is 0.0434. The van der Waals surface area contributed by atoms with Gasteiger partial charge < -0.3 is 5.32 Å². The number of hydrogen-bond acceptors (Lipinski definition) is 2. The average Bonchev–Trinajstić information content (AvgIpc) is 2.64. The highest BCUT2D eigenvalue weighted by molar-refractivity contribution is 5.94. The van der Waals surface area contributed by atoms with Gasteiger partial charge in [0.15, 0.2) is 0 Å². The Bertz CT molecular complexity index is 355. The van der Waals surface area contributed by atoms with E-state index in [1.54, 1.807) is 17.1 Å². The molecule has 0 unspecified atom stereocenters. The highest BCUT2D eigenvalue weighted by Gasteiger charge is 2.20. The second kappa shape index (κ2) is 5.14. The van der Waals surface area contributed by atoms with E-state index >= 15 is 0 Å². The third-order valence-electron chi connectivity index (χ3n) is 2.55. The Morgan fingerprint density at radius 1 is 1.50 bits per heavy atom. The maximum absolute atomic E-state index is 11.9. The molecule has 1 aromatic heterocycles. The molecule has 0 aliphatic heterocycles. The van der Waals surface area contributed by atoms with Gasteiger partial charge in [0.2, 0.25) is 0 Å². The molecule has 0 saturated heterocycles. The van der Waals surface area contributed by atoms with Crippen LogP contribution in [-0.4, -0.2) is 21.2 Å². The van der Waals surface area contributed by atoms with E-state index in [9.17, 15) is 4.79 Å². The van der Waals surface area contributed by atoms with E-state index in [0.717, 1.165) is 19.4 Å². The molecule has 1 amide bonds. The summed E-state index contributed by atoms with van der Waals surface area (Å²) in [5.41, 5.74) is 0.478. The molecule has 0 atom stereocenters. The van der Waals surface area contributed by atoms with Gasteiger partial charge in [0, 0.05) is 18.3 Å². The lowest BCUT2D eigenvalue weighted by Crippen LogP contribution is -2.43. The van der Waals surface area contributed by atoms with Crippen LogP contribution < -0.4 is 5.32 Å². The summed E-state index contributed by atoms with van der Waals surface area (Å²) in [6, 6.07) is 0. The fourth-order valence-corrected chi connectivity index (χ4v) is 1.72. The van der Waals surface area contributed by atoms with Gasteiger partial charge in [0.25, 0.3) is 5.91 Å². The van der Waals surface area contributed by atoms with Gasteiger partial charge in [-0.15, -0.1) is 0 Å². The molecule has 0 spiro atoms. The van der Waals surface area contributed by atoms with Gasteiger partial charge in [0.05, 0.1) is 11.8 Å². The van der Waals surface area contributed by atoms with E-state index in [1.165, 1.54) is 0 Å². The van der Waals surface area contributed by atoms with Gasteiger partial charge in [-0.05, 0) is 27.2 Å². The number of nitrogens with zero attached hydrogens (tertiary/aromatic N) is 2. The third-order valence-corrected chi connectivity index (χ3v) is 2.55. The van der Waals surface area contributed by atoms with Crippen LogP contribution in [-0.2, 0) is 6.54 Å². The fraction of sp³-hybridized carbons (Fsp3) is 0.667. The summed E-state index contributed by atoms with van der Waals surface area (Å²) in [6.07, 6.45) is 5.42. The first-order valence-electron chi connectivity index (χ1n) is 5.83. The molecule has 0 bridgehead atoms. The van der Waals surface area contributed by atoms with Crippen LogP contribution in [0.25, 0.3) is 0 Å². The van der Waals surface area contributed by atoms with Crippen molar-refractivity contribution in [2.75, 3.05) is 0 Å². The number of nitrogens with one attached hydrogen (secondary N) is 1. The molecule has 4 heteroatoms. The SMILES string of the molecule is CCCC(C)(C)NC(=O)c1cnn(CC)c1. The molecule has 1 N–H and O–H groups in total. The van der Waals surface area contributed by atoms with Gasteiger partial charge in [-0.2, -0.15) is 5.10 Å². The lowest BCUT2D eigenvalue weighted by molar-refractivity contribution is 0.0909. The van der Waals surface area contributed by atoms with E-state index in [0.29, 0.717) is 5.56 Å². The zero-order chi connectivity index (χ0) is 12.2. The second-order valence-corrected chi connectivity index (χ2v) is 4.67. The molecule has 1 heterocycles. The van der Waals surface area contributed by atoms with Crippen LogP contribution >= 0.6 is 0 Å². The number of rotatable bonds is 5. The first-order valence-corrected chi connectivity index (χ1v) is 5.83. The first-order chi connectivity index (χ1) is 7.48. The third kappa shape index (κ3) is 3.36. The van der Waals surface area contributed by atoms with Crippen molar-refractivity contribution in [3.8, 4) is 0 Å². The second-order valence-electron chi connectivity index (χ2n) is 4.67. The molecule has 1 aromatic rings. The Kier molecular flexibility index (Phi) is 4.10. The van der Waals surface area contributed by atoms with Crippen LogP contribution in [0, 0.1) is 0 Å². The minimum Gasteiger partial charge on any atom is -0.347 e. The van der Waals surface area contributed by atoms with Crippen LogP contribution in [0.5, 0.6) is 0 Å². The average molecular weight is 223 g/mol. The van der Waals surface area contributed by atoms with Crippen molar-refractivity contribution in [3.63, 3.8) is 0 Å². The molecule has 0 aromatic carbocycles. The van der Waals surface area contributed by atoms with Crippen LogP contribution in [0.4, 0.5) is 0 Å². The van der Waals surface area contributed by atoms with Crippen molar-refractivity contribution in [1.29, 1.82) is 0 Å². The number of carbonyl (C=O) groups is 1. The van der Waals surface area contributed by atoms with Crippen molar-refractivity contribution < 1.29 is 4.79 Å². The number of hydrogen-bond donors (Lipinski definition) is 1. The normalized spacial score (nSPS) is 11.5. The maximum atomic E-state index is 11.9. The van der Waals surface area contributed by atoms with Gasteiger partial charge in [-0.3, -0.25) is 9.48 Å². The predicted molar refractivity (Wildman–Crippen MR) is 64.4 cm³/mol. The monoisotopic (exact) mass is 223 g/mol. The molecule has 0 aliphatic rings. The molecular weight excluding hydrogens is 202 g/mol. The van der Waals surface area contributed by atoms with Crippen LogP contribution in [0.1, 0.15) is 50.9 Å². The minimum atomic E-state index is -0.153. The number of amides is 1. The Hall–Kier alpha value is -1.32. The lowest BCUT2D eigenvalue weighted by Gasteiger charge is -2.25.